The number of carbonyl (C=O) groups is 1. The quantitative estimate of drug-likeness (QED) is 0.832. The normalized spacial score (nSPS) is 28.4. The number of hydrogen-bond donors (Lipinski definition) is 1. The first kappa shape index (κ1) is 13.3. The maximum atomic E-state index is 12.1. The summed E-state index contributed by atoms with van der Waals surface area (Å²) in [6.45, 7) is 2.29. The van der Waals surface area contributed by atoms with Crippen LogP contribution in [0.4, 0.5) is 0 Å². The third kappa shape index (κ3) is 2.47. The fourth-order valence-corrected chi connectivity index (χ4v) is 3.11. The van der Waals surface area contributed by atoms with E-state index in [4.69, 9.17) is 9.47 Å². The molecule has 1 aromatic rings. The Bertz CT molecular complexity index is 569. The van der Waals surface area contributed by atoms with Crippen molar-refractivity contribution >= 4 is 5.97 Å². The highest BCUT2D eigenvalue weighted by molar-refractivity contribution is 5.75. The topological polar surface area (TPSA) is 81.3 Å². The zero-order valence-corrected chi connectivity index (χ0v) is 11.4. The molecule has 6 nitrogen and oxygen atoms in total. The van der Waals surface area contributed by atoms with Crippen LogP contribution in [0.2, 0.25) is 0 Å². The van der Waals surface area contributed by atoms with Gasteiger partial charge in [0, 0.05) is 17.7 Å². The van der Waals surface area contributed by atoms with E-state index in [1.165, 1.54) is 6.07 Å². The molecule has 0 bridgehead atoms. The lowest BCUT2D eigenvalue weighted by atomic mass is 9.94. The van der Waals surface area contributed by atoms with Gasteiger partial charge >= 0.3 is 5.97 Å². The van der Waals surface area contributed by atoms with Gasteiger partial charge in [0.15, 0.2) is 6.10 Å². The number of H-pyrrole nitrogens is 1. The van der Waals surface area contributed by atoms with Gasteiger partial charge in [0.05, 0.1) is 6.61 Å². The maximum Gasteiger partial charge on any atom is 0.335 e. The first-order chi connectivity index (χ1) is 9.65. The van der Waals surface area contributed by atoms with Crippen molar-refractivity contribution in [3.8, 4) is 0 Å². The molecule has 2 heterocycles. The smallest absolute Gasteiger partial charge is 0.335 e. The van der Waals surface area contributed by atoms with Crippen molar-refractivity contribution in [1.29, 1.82) is 0 Å². The van der Waals surface area contributed by atoms with E-state index in [1.54, 1.807) is 6.92 Å². The van der Waals surface area contributed by atoms with Gasteiger partial charge in [-0.05, 0) is 25.7 Å². The summed E-state index contributed by atoms with van der Waals surface area (Å²) in [4.78, 5) is 23.7. The first-order valence-corrected chi connectivity index (χ1v) is 6.98. The lowest BCUT2D eigenvalue weighted by Crippen LogP contribution is -2.29. The van der Waals surface area contributed by atoms with Crippen molar-refractivity contribution in [2.45, 2.75) is 38.9 Å². The molecule has 1 aliphatic carbocycles. The van der Waals surface area contributed by atoms with Crippen LogP contribution in [0.25, 0.3) is 0 Å². The second kappa shape index (κ2) is 5.36. The van der Waals surface area contributed by atoms with Crippen molar-refractivity contribution in [1.82, 2.24) is 10.2 Å². The van der Waals surface area contributed by atoms with E-state index in [2.05, 4.69) is 10.2 Å². The van der Waals surface area contributed by atoms with Crippen LogP contribution >= 0.6 is 0 Å². The molecule has 3 rings (SSSR count). The predicted molar refractivity (Wildman–Crippen MR) is 70.0 cm³/mol. The number of ether oxygens (including phenoxy) is 2. The minimum atomic E-state index is -0.466. The zero-order valence-electron chi connectivity index (χ0n) is 11.4. The summed E-state index contributed by atoms with van der Waals surface area (Å²) in [5, 5.41) is 6.59. The van der Waals surface area contributed by atoms with E-state index in [9.17, 15) is 9.59 Å². The van der Waals surface area contributed by atoms with Gasteiger partial charge in [-0.25, -0.2) is 4.79 Å². The predicted octanol–water partition coefficient (Wildman–Crippen LogP) is 0.937. The summed E-state index contributed by atoms with van der Waals surface area (Å²) in [6.07, 6.45) is 2.84. The number of fused-ring (bicyclic) bond motifs is 1. The number of aromatic amines is 1. The first-order valence-electron chi connectivity index (χ1n) is 6.98. The van der Waals surface area contributed by atoms with E-state index in [-0.39, 0.29) is 29.6 Å². The molecular weight excluding hydrogens is 260 g/mol. The number of carbonyl (C=O) groups excluding carboxylic acids is 1. The number of rotatable bonds is 3. The Kier molecular flexibility index (Phi) is 3.56. The van der Waals surface area contributed by atoms with E-state index >= 15 is 0 Å². The van der Waals surface area contributed by atoms with E-state index in [0.29, 0.717) is 18.2 Å². The molecule has 2 fully saturated rings. The number of esters is 1. The van der Waals surface area contributed by atoms with Crippen molar-refractivity contribution in [3.63, 3.8) is 0 Å². The Labute approximate surface area is 116 Å². The molecule has 1 saturated heterocycles. The van der Waals surface area contributed by atoms with Crippen molar-refractivity contribution in [3.05, 3.63) is 27.7 Å². The van der Waals surface area contributed by atoms with Gasteiger partial charge < -0.3 is 9.47 Å². The molecule has 6 heteroatoms. The van der Waals surface area contributed by atoms with Crippen LogP contribution in [-0.2, 0) is 20.9 Å². The van der Waals surface area contributed by atoms with Gasteiger partial charge in [-0.1, -0.05) is 6.42 Å². The summed E-state index contributed by atoms with van der Waals surface area (Å²) >= 11 is 0. The Morgan fingerprint density at radius 3 is 3.20 bits per heavy atom. The summed E-state index contributed by atoms with van der Waals surface area (Å²) in [6, 6.07) is 1.44. The Hall–Kier alpha value is -1.69. The molecule has 0 spiro atoms. The molecule has 3 atom stereocenters. The summed E-state index contributed by atoms with van der Waals surface area (Å²) < 4.78 is 10.7. The summed E-state index contributed by atoms with van der Waals surface area (Å²) in [7, 11) is 0. The molecule has 0 unspecified atom stereocenters. The number of hydrogen-bond acceptors (Lipinski definition) is 5. The van der Waals surface area contributed by atoms with Gasteiger partial charge in [0.2, 0.25) is 5.43 Å². The van der Waals surface area contributed by atoms with Gasteiger partial charge in [-0.15, -0.1) is 0 Å². The maximum absolute atomic E-state index is 12.1. The van der Waals surface area contributed by atoms with Crippen LogP contribution in [0, 0.1) is 18.8 Å². The highest BCUT2D eigenvalue weighted by Crippen LogP contribution is 2.40. The molecule has 1 aliphatic heterocycles. The van der Waals surface area contributed by atoms with Crippen LogP contribution in [-0.4, -0.2) is 28.9 Å². The second-order valence-corrected chi connectivity index (χ2v) is 5.58. The molecular formula is C14H18N2O4. The minimum Gasteiger partial charge on any atom is -0.457 e. The molecule has 1 saturated carbocycles. The summed E-state index contributed by atoms with van der Waals surface area (Å²) in [5.41, 5.74) is 0.669. The van der Waals surface area contributed by atoms with Crippen LogP contribution in [0.15, 0.2) is 10.9 Å². The number of aryl methyl sites for hydroxylation is 1. The van der Waals surface area contributed by atoms with Gasteiger partial charge in [0.25, 0.3) is 0 Å². The van der Waals surface area contributed by atoms with Crippen molar-refractivity contribution in [2.24, 2.45) is 11.8 Å². The second-order valence-electron chi connectivity index (χ2n) is 5.58. The standard InChI is InChI=1S/C14H18N2O4/c1-8-5-12(17)11(16-15-8)7-20-14(18)13-10-4-2-3-9(10)6-19-13/h5,9-10,13H,2-4,6-7H2,1H3,(H,15,17)/t9-,10-,13+/m0/s1. The van der Waals surface area contributed by atoms with Gasteiger partial charge in [-0.2, -0.15) is 5.10 Å². The molecule has 2 aliphatic rings. The average molecular weight is 278 g/mol. The molecule has 0 radical (unpaired) electrons. The van der Waals surface area contributed by atoms with Crippen LogP contribution in [0.3, 0.4) is 0 Å². The van der Waals surface area contributed by atoms with E-state index in [1.807, 2.05) is 0 Å². The number of nitrogens with zero attached hydrogens (tertiary/aromatic N) is 1. The highest BCUT2D eigenvalue weighted by Gasteiger charge is 2.44. The summed E-state index contributed by atoms with van der Waals surface area (Å²) in [5.74, 6) is 0.404. The fourth-order valence-electron chi connectivity index (χ4n) is 3.11. The lowest BCUT2D eigenvalue weighted by molar-refractivity contribution is -0.157. The molecule has 108 valence electrons. The third-order valence-corrected chi connectivity index (χ3v) is 4.18. The number of aromatic nitrogens is 2. The van der Waals surface area contributed by atoms with Crippen LogP contribution < -0.4 is 5.43 Å². The van der Waals surface area contributed by atoms with E-state index < -0.39 is 6.10 Å². The lowest BCUT2D eigenvalue weighted by Gasteiger charge is -2.15. The molecule has 1 aromatic heterocycles. The van der Waals surface area contributed by atoms with Crippen LogP contribution in [0.5, 0.6) is 0 Å². The SMILES string of the molecule is Cc1cc(=O)c(COC(=O)[C@@H]2OC[C@@H]3CCC[C@@H]32)n[nH]1. The Morgan fingerprint density at radius 2 is 2.40 bits per heavy atom. The molecule has 0 amide bonds. The highest BCUT2D eigenvalue weighted by atomic mass is 16.6. The van der Waals surface area contributed by atoms with Crippen molar-refractivity contribution in [2.75, 3.05) is 6.61 Å². The Balaban J connectivity index is 1.61. The largest absolute Gasteiger partial charge is 0.457 e. The third-order valence-electron chi connectivity index (χ3n) is 4.18. The molecule has 0 aromatic carbocycles. The van der Waals surface area contributed by atoms with Gasteiger partial charge in [0.1, 0.15) is 12.3 Å². The molecule has 1 N–H and O–H groups in total. The fraction of sp³-hybridized carbons (Fsp3) is 0.643. The minimum absolute atomic E-state index is 0.105. The molecule has 20 heavy (non-hydrogen) atoms. The van der Waals surface area contributed by atoms with Crippen LogP contribution in [0.1, 0.15) is 30.7 Å². The number of nitrogens with one attached hydrogen (secondary N) is 1. The van der Waals surface area contributed by atoms with Crippen molar-refractivity contribution < 1.29 is 14.3 Å². The zero-order chi connectivity index (χ0) is 14.1. The van der Waals surface area contributed by atoms with Gasteiger partial charge in [-0.3, -0.25) is 9.89 Å². The Morgan fingerprint density at radius 1 is 1.55 bits per heavy atom. The average Bonchev–Trinajstić information content (AvgIpc) is 2.99. The monoisotopic (exact) mass is 278 g/mol. The van der Waals surface area contributed by atoms with E-state index in [0.717, 1.165) is 19.3 Å².